The second-order valence-electron chi connectivity index (χ2n) is 6.57. The third-order valence-electron chi connectivity index (χ3n) is 4.62. The molecule has 25 heavy (non-hydrogen) atoms. The van der Waals surface area contributed by atoms with E-state index in [4.69, 9.17) is 9.47 Å². The van der Waals surface area contributed by atoms with Crippen molar-refractivity contribution in [2.75, 3.05) is 27.3 Å². The molecule has 0 saturated carbocycles. The van der Waals surface area contributed by atoms with Crippen molar-refractivity contribution in [3.05, 3.63) is 41.7 Å². The summed E-state index contributed by atoms with van der Waals surface area (Å²) in [6.45, 7) is 1.17. The molecule has 2 heterocycles. The number of aryl methyl sites for hydroxylation is 2. The van der Waals surface area contributed by atoms with Crippen molar-refractivity contribution in [3.63, 3.8) is 0 Å². The number of aromatic nitrogens is 2. The van der Waals surface area contributed by atoms with E-state index in [0.717, 1.165) is 36.4 Å². The molecule has 0 saturated heterocycles. The summed E-state index contributed by atoms with van der Waals surface area (Å²) in [6, 6.07) is 5.75. The van der Waals surface area contributed by atoms with Crippen molar-refractivity contribution in [2.24, 2.45) is 13.0 Å². The summed E-state index contributed by atoms with van der Waals surface area (Å²) in [5, 5.41) is 4.17. The predicted molar refractivity (Wildman–Crippen MR) is 94.8 cm³/mol. The molecule has 3 rings (SSSR count). The first-order valence-electron chi connectivity index (χ1n) is 8.59. The fourth-order valence-corrected chi connectivity index (χ4v) is 3.20. The molecule has 0 radical (unpaired) electrons. The van der Waals surface area contributed by atoms with E-state index in [2.05, 4.69) is 5.10 Å². The summed E-state index contributed by atoms with van der Waals surface area (Å²) < 4.78 is 12.8. The summed E-state index contributed by atoms with van der Waals surface area (Å²) in [5.74, 6) is 1.65. The van der Waals surface area contributed by atoms with Gasteiger partial charge in [-0.2, -0.15) is 5.10 Å². The molecular weight excluding hydrogens is 318 g/mol. The van der Waals surface area contributed by atoms with E-state index < -0.39 is 0 Å². The molecule has 1 amide bonds. The minimum atomic E-state index is -0.136. The Hall–Kier alpha value is -2.50. The van der Waals surface area contributed by atoms with Crippen LogP contribution in [-0.2, 0) is 24.7 Å². The van der Waals surface area contributed by atoms with Gasteiger partial charge in [-0.05, 0) is 48.6 Å². The van der Waals surface area contributed by atoms with E-state index in [1.54, 1.807) is 11.8 Å². The van der Waals surface area contributed by atoms with Gasteiger partial charge in [0.25, 0.3) is 0 Å². The molecule has 0 bridgehead atoms. The number of hydrogen-bond acceptors (Lipinski definition) is 4. The zero-order chi connectivity index (χ0) is 17.8. The van der Waals surface area contributed by atoms with Crippen LogP contribution in [0.1, 0.15) is 17.5 Å². The lowest BCUT2D eigenvalue weighted by Gasteiger charge is -2.28. The number of fused-ring (bicyclic) bond motifs is 1. The molecule has 1 aliphatic heterocycles. The molecule has 6 nitrogen and oxygen atoms in total. The molecule has 1 aromatic heterocycles. The van der Waals surface area contributed by atoms with Crippen LogP contribution in [0, 0.1) is 5.92 Å². The van der Waals surface area contributed by atoms with Crippen LogP contribution in [0.15, 0.2) is 30.6 Å². The molecular formula is C19H25N3O3. The maximum atomic E-state index is 12.7. The summed E-state index contributed by atoms with van der Waals surface area (Å²) in [6.07, 6.45) is 6.43. The van der Waals surface area contributed by atoms with Crippen LogP contribution < -0.4 is 9.47 Å². The van der Waals surface area contributed by atoms with Crippen LogP contribution >= 0.6 is 0 Å². The van der Waals surface area contributed by atoms with Gasteiger partial charge in [0.05, 0.1) is 19.2 Å². The van der Waals surface area contributed by atoms with Gasteiger partial charge < -0.3 is 14.4 Å². The number of ether oxygens (including phenoxy) is 2. The standard InChI is InChI=1S/C19H25N3O3/c1-21(8-4-5-14-11-20-22(2)12-14)19(23)16-9-15-10-17(24-3)6-7-18(15)25-13-16/h6-7,10-12,16H,4-5,8-9,13H2,1-3H3. The lowest BCUT2D eigenvalue weighted by Crippen LogP contribution is -2.39. The van der Waals surface area contributed by atoms with Gasteiger partial charge in [0.1, 0.15) is 18.1 Å². The first-order valence-corrected chi connectivity index (χ1v) is 8.59. The first kappa shape index (κ1) is 17.3. The highest BCUT2D eigenvalue weighted by Gasteiger charge is 2.28. The van der Waals surface area contributed by atoms with Crippen molar-refractivity contribution in [1.82, 2.24) is 14.7 Å². The number of carbonyl (C=O) groups is 1. The summed E-state index contributed by atoms with van der Waals surface area (Å²) in [4.78, 5) is 14.5. The zero-order valence-corrected chi connectivity index (χ0v) is 15.1. The van der Waals surface area contributed by atoms with Gasteiger partial charge >= 0.3 is 0 Å². The van der Waals surface area contributed by atoms with Gasteiger partial charge in [0, 0.05) is 26.8 Å². The maximum absolute atomic E-state index is 12.7. The van der Waals surface area contributed by atoms with E-state index >= 15 is 0 Å². The Kier molecular flexibility index (Phi) is 5.26. The molecule has 0 fully saturated rings. The molecule has 1 atom stereocenters. The second-order valence-corrected chi connectivity index (χ2v) is 6.57. The van der Waals surface area contributed by atoms with E-state index in [1.807, 2.05) is 49.6 Å². The average Bonchev–Trinajstić information content (AvgIpc) is 3.05. The fraction of sp³-hybridized carbons (Fsp3) is 0.474. The molecule has 0 aliphatic carbocycles. The highest BCUT2D eigenvalue weighted by molar-refractivity contribution is 5.79. The number of methoxy groups -OCH3 is 1. The lowest BCUT2D eigenvalue weighted by molar-refractivity contribution is -0.135. The highest BCUT2D eigenvalue weighted by atomic mass is 16.5. The Bertz CT molecular complexity index is 741. The smallest absolute Gasteiger partial charge is 0.229 e. The van der Waals surface area contributed by atoms with Crippen molar-refractivity contribution < 1.29 is 14.3 Å². The minimum absolute atomic E-state index is 0.136. The first-order chi connectivity index (χ1) is 12.1. The van der Waals surface area contributed by atoms with Gasteiger partial charge in [-0.1, -0.05) is 0 Å². The van der Waals surface area contributed by atoms with Crippen LogP contribution in [0.25, 0.3) is 0 Å². The third-order valence-corrected chi connectivity index (χ3v) is 4.62. The number of benzene rings is 1. The summed E-state index contributed by atoms with van der Waals surface area (Å²) >= 11 is 0. The number of carbonyl (C=O) groups excluding carboxylic acids is 1. The lowest BCUT2D eigenvalue weighted by atomic mass is 9.95. The van der Waals surface area contributed by atoms with E-state index in [9.17, 15) is 4.79 Å². The Morgan fingerprint density at radius 1 is 1.48 bits per heavy atom. The van der Waals surface area contributed by atoms with E-state index in [0.29, 0.717) is 13.0 Å². The zero-order valence-electron chi connectivity index (χ0n) is 15.1. The average molecular weight is 343 g/mol. The molecule has 2 aromatic rings. The number of nitrogens with zero attached hydrogens (tertiary/aromatic N) is 3. The Morgan fingerprint density at radius 3 is 3.04 bits per heavy atom. The molecule has 0 spiro atoms. The quantitative estimate of drug-likeness (QED) is 0.806. The van der Waals surface area contributed by atoms with E-state index in [1.165, 1.54) is 5.56 Å². The predicted octanol–water partition coefficient (Wildman–Crippen LogP) is 2.07. The normalized spacial score (nSPS) is 16.0. The molecule has 6 heteroatoms. The Balaban J connectivity index is 1.53. The Morgan fingerprint density at radius 2 is 2.32 bits per heavy atom. The number of rotatable bonds is 6. The molecule has 1 unspecified atom stereocenters. The van der Waals surface area contributed by atoms with Crippen molar-refractivity contribution >= 4 is 5.91 Å². The molecule has 134 valence electrons. The minimum Gasteiger partial charge on any atom is -0.497 e. The van der Waals surface area contributed by atoms with Crippen LogP contribution in [-0.4, -0.2) is 47.9 Å². The van der Waals surface area contributed by atoms with Crippen molar-refractivity contribution in [2.45, 2.75) is 19.3 Å². The highest BCUT2D eigenvalue weighted by Crippen LogP contribution is 2.31. The van der Waals surface area contributed by atoms with Gasteiger partial charge in [-0.25, -0.2) is 0 Å². The Labute approximate surface area is 148 Å². The monoisotopic (exact) mass is 343 g/mol. The van der Waals surface area contributed by atoms with Crippen LogP contribution in [0.5, 0.6) is 11.5 Å². The fourth-order valence-electron chi connectivity index (χ4n) is 3.20. The number of amides is 1. The van der Waals surface area contributed by atoms with Crippen LogP contribution in [0.3, 0.4) is 0 Å². The molecule has 1 aromatic carbocycles. The maximum Gasteiger partial charge on any atom is 0.229 e. The van der Waals surface area contributed by atoms with Crippen molar-refractivity contribution in [3.8, 4) is 11.5 Å². The van der Waals surface area contributed by atoms with Gasteiger partial charge in [0.2, 0.25) is 5.91 Å². The SMILES string of the molecule is COc1ccc2c(c1)CC(C(=O)N(C)CCCc1cnn(C)c1)CO2. The topological polar surface area (TPSA) is 56.6 Å². The third kappa shape index (κ3) is 4.13. The summed E-state index contributed by atoms with van der Waals surface area (Å²) in [7, 11) is 5.42. The van der Waals surface area contributed by atoms with Crippen LogP contribution in [0.4, 0.5) is 0 Å². The van der Waals surface area contributed by atoms with Gasteiger partial charge in [-0.15, -0.1) is 0 Å². The van der Waals surface area contributed by atoms with E-state index in [-0.39, 0.29) is 11.8 Å². The molecule has 0 N–H and O–H groups in total. The van der Waals surface area contributed by atoms with Gasteiger partial charge in [-0.3, -0.25) is 9.48 Å². The van der Waals surface area contributed by atoms with Crippen molar-refractivity contribution in [1.29, 1.82) is 0 Å². The summed E-state index contributed by atoms with van der Waals surface area (Å²) in [5.41, 5.74) is 2.23. The number of hydrogen-bond donors (Lipinski definition) is 0. The largest absolute Gasteiger partial charge is 0.497 e. The second kappa shape index (κ2) is 7.59. The van der Waals surface area contributed by atoms with Gasteiger partial charge in [0.15, 0.2) is 0 Å². The molecule has 1 aliphatic rings. The van der Waals surface area contributed by atoms with Crippen LogP contribution in [0.2, 0.25) is 0 Å².